The lowest BCUT2D eigenvalue weighted by Crippen LogP contribution is -2.45. The maximum atomic E-state index is 12.5. The van der Waals surface area contributed by atoms with Crippen molar-refractivity contribution in [3.8, 4) is 0 Å². The van der Waals surface area contributed by atoms with Crippen LogP contribution in [0.1, 0.15) is 303 Å². The van der Waals surface area contributed by atoms with E-state index in [9.17, 15) is 15.0 Å². The van der Waals surface area contributed by atoms with Gasteiger partial charge in [-0.25, -0.2) is 0 Å². The van der Waals surface area contributed by atoms with Gasteiger partial charge in [-0.3, -0.25) is 4.79 Å². The van der Waals surface area contributed by atoms with E-state index in [1.807, 2.05) is 6.08 Å². The first-order chi connectivity index (χ1) is 30.2. The maximum Gasteiger partial charge on any atom is 0.220 e. The summed E-state index contributed by atoms with van der Waals surface area (Å²) in [7, 11) is 0. The van der Waals surface area contributed by atoms with Crippen molar-refractivity contribution in [2.24, 2.45) is 0 Å². The molecule has 0 fully saturated rings. The highest BCUT2D eigenvalue weighted by molar-refractivity contribution is 5.76. The second-order valence-corrected chi connectivity index (χ2v) is 19.0. The van der Waals surface area contributed by atoms with Gasteiger partial charge in [-0.15, -0.1) is 0 Å². The van der Waals surface area contributed by atoms with Crippen LogP contribution in [-0.4, -0.2) is 34.9 Å². The fourth-order valence-electron chi connectivity index (χ4n) is 8.62. The van der Waals surface area contributed by atoms with E-state index in [-0.39, 0.29) is 12.5 Å². The van der Waals surface area contributed by atoms with Gasteiger partial charge in [-0.2, -0.15) is 0 Å². The van der Waals surface area contributed by atoms with Crippen LogP contribution in [0.4, 0.5) is 0 Å². The molecule has 0 heterocycles. The molecule has 0 bridgehead atoms. The number of rotatable bonds is 51. The summed E-state index contributed by atoms with van der Waals surface area (Å²) < 4.78 is 0. The third kappa shape index (κ3) is 49.5. The molecule has 0 radical (unpaired) electrons. The number of nitrogens with one attached hydrogen (secondary N) is 1. The third-order valence-electron chi connectivity index (χ3n) is 12.9. The van der Waals surface area contributed by atoms with Crippen LogP contribution in [0.2, 0.25) is 0 Å². The van der Waals surface area contributed by atoms with Crippen molar-refractivity contribution in [3.05, 3.63) is 36.5 Å². The lowest BCUT2D eigenvalue weighted by atomic mass is 10.0. The summed E-state index contributed by atoms with van der Waals surface area (Å²) in [4.78, 5) is 12.5. The molecule has 1 amide bonds. The molecule has 3 N–H and O–H groups in total. The Balaban J connectivity index is 3.48. The fourth-order valence-corrected chi connectivity index (χ4v) is 8.62. The van der Waals surface area contributed by atoms with Crippen LogP contribution in [-0.2, 0) is 4.79 Å². The van der Waals surface area contributed by atoms with Crippen LogP contribution in [0.5, 0.6) is 0 Å². The first-order valence-corrected chi connectivity index (χ1v) is 27.7. The zero-order valence-corrected chi connectivity index (χ0v) is 41.4. The Morgan fingerprint density at radius 1 is 0.393 bits per heavy atom. The minimum absolute atomic E-state index is 0.0600. The van der Waals surface area contributed by atoms with E-state index < -0.39 is 12.1 Å². The predicted molar refractivity (Wildman–Crippen MR) is 272 cm³/mol. The van der Waals surface area contributed by atoms with Gasteiger partial charge in [0.15, 0.2) is 0 Å². The monoisotopic (exact) mass is 856 g/mol. The first kappa shape index (κ1) is 59.6. The summed E-state index contributed by atoms with van der Waals surface area (Å²) in [6, 6.07) is -0.622. The van der Waals surface area contributed by atoms with Gasteiger partial charge in [-0.05, 0) is 51.4 Å². The van der Waals surface area contributed by atoms with Crippen LogP contribution in [0, 0.1) is 0 Å². The number of aliphatic hydroxyl groups is 2. The Morgan fingerprint density at radius 2 is 0.672 bits per heavy atom. The number of unbranched alkanes of at least 4 members (excludes halogenated alkanes) is 40. The highest BCUT2D eigenvalue weighted by atomic mass is 16.3. The standard InChI is InChI=1S/C57H109NO3/c1-3-5-7-9-11-13-15-17-19-21-23-25-27-28-29-30-31-33-35-37-39-41-43-45-47-49-51-53-57(61)58-55(54-59)56(60)52-50-48-46-44-42-40-38-36-34-32-26-24-22-20-18-16-14-12-10-8-6-4-2/h15,17,21,23,50,52,55-56,59-60H,3-14,16,18-20,22,24-49,51,53-54H2,1-2H3,(H,58,61)/b17-15-,23-21-,52-50+. The topological polar surface area (TPSA) is 69.6 Å². The fraction of sp³-hybridized carbons (Fsp3) is 0.877. The van der Waals surface area contributed by atoms with Crippen molar-refractivity contribution >= 4 is 5.91 Å². The Kier molecular flexibility index (Phi) is 51.7. The second-order valence-electron chi connectivity index (χ2n) is 19.0. The van der Waals surface area contributed by atoms with Crippen molar-refractivity contribution in [2.75, 3.05) is 6.61 Å². The molecule has 0 aromatic heterocycles. The Labute approximate surface area is 382 Å². The van der Waals surface area contributed by atoms with E-state index >= 15 is 0 Å². The third-order valence-corrected chi connectivity index (χ3v) is 12.9. The number of carbonyl (C=O) groups is 1. The molecule has 0 saturated carbocycles. The average Bonchev–Trinajstić information content (AvgIpc) is 3.26. The molecular formula is C57H109NO3. The average molecular weight is 857 g/mol. The van der Waals surface area contributed by atoms with E-state index in [1.165, 1.54) is 250 Å². The zero-order chi connectivity index (χ0) is 44.2. The summed E-state index contributed by atoms with van der Waals surface area (Å²) >= 11 is 0. The van der Waals surface area contributed by atoms with Gasteiger partial charge >= 0.3 is 0 Å². The molecule has 0 aliphatic heterocycles. The van der Waals surface area contributed by atoms with E-state index in [4.69, 9.17) is 0 Å². The molecule has 4 heteroatoms. The molecule has 360 valence electrons. The molecule has 4 nitrogen and oxygen atoms in total. The second kappa shape index (κ2) is 53.0. The van der Waals surface area contributed by atoms with Gasteiger partial charge in [0.05, 0.1) is 18.8 Å². The van der Waals surface area contributed by atoms with Crippen LogP contribution in [0.15, 0.2) is 36.5 Å². The van der Waals surface area contributed by atoms with Gasteiger partial charge in [0.1, 0.15) is 0 Å². The molecule has 2 unspecified atom stereocenters. The van der Waals surface area contributed by atoms with Crippen molar-refractivity contribution in [1.82, 2.24) is 5.32 Å². The molecule has 0 aliphatic carbocycles. The van der Waals surface area contributed by atoms with Gasteiger partial charge < -0.3 is 15.5 Å². The maximum absolute atomic E-state index is 12.5. The van der Waals surface area contributed by atoms with Crippen molar-refractivity contribution in [1.29, 1.82) is 0 Å². The smallest absolute Gasteiger partial charge is 0.220 e. The molecule has 0 aromatic carbocycles. The van der Waals surface area contributed by atoms with E-state index in [0.29, 0.717) is 6.42 Å². The summed E-state index contributed by atoms with van der Waals surface area (Å²) in [5.41, 5.74) is 0. The number of allylic oxidation sites excluding steroid dienone is 5. The van der Waals surface area contributed by atoms with Gasteiger partial charge in [0.2, 0.25) is 5.91 Å². The molecule has 61 heavy (non-hydrogen) atoms. The highest BCUT2D eigenvalue weighted by Gasteiger charge is 2.18. The molecule has 2 atom stereocenters. The number of hydrogen-bond donors (Lipinski definition) is 3. The van der Waals surface area contributed by atoms with Crippen molar-refractivity contribution < 1.29 is 15.0 Å². The summed E-state index contributed by atoms with van der Waals surface area (Å²) in [5.74, 6) is -0.0600. The van der Waals surface area contributed by atoms with Crippen LogP contribution < -0.4 is 5.32 Å². The van der Waals surface area contributed by atoms with Gasteiger partial charge in [0.25, 0.3) is 0 Å². The normalized spacial score (nSPS) is 13.0. The number of carbonyl (C=O) groups excluding carboxylic acids is 1. The summed E-state index contributed by atoms with van der Waals surface area (Å²) in [6.45, 7) is 4.33. The SMILES string of the molecule is CCCCCCC/C=C\C/C=C\CCCCCCCCCCCCCCCCCC(=O)NC(CO)C(O)/C=C/CCCCCCCCCCCCCCCCCCCCCC. The predicted octanol–water partition coefficient (Wildman–Crippen LogP) is 18.1. The van der Waals surface area contributed by atoms with Gasteiger partial charge in [0, 0.05) is 6.42 Å². The summed E-state index contributed by atoms with van der Waals surface area (Å²) in [6.07, 6.45) is 71.5. The molecular weight excluding hydrogens is 747 g/mol. The Morgan fingerprint density at radius 3 is 0.984 bits per heavy atom. The van der Waals surface area contributed by atoms with E-state index in [1.54, 1.807) is 6.08 Å². The number of aliphatic hydroxyl groups excluding tert-OH is 2. The molecule has 0 spiro atoms. The van der Waals surface area contributed by atoms with E-state index in [2.05, 4.69) is 43.5 Å². The Bertz CT molecular complexity index is 928. The van der Waals surface area contributed by atoms with Crippen molar-refractivity contribution in [2.45, 2.75) is 315 Å². The lowest BCUT2D eigenvalue weighted by molar-refractivity contribution is -0.123. The number of hydrogen-bond acceptors (Lipinski definition) is 3. The molecule has 0 aromatic rings. The zero-order valence-electron chi connectivity index (χ0n) is 41.4. The largest absolute Gasteiger partial charge is 0.394 e. The van der Waals surface area contributed by atoms with Crippen LogP contribution in [0.25, 0.3) is 0 Å². The molecule has 0 rings (SSSR count). The summed E-state index contributed by atoms with van der Waals surface area (Å²) in [5, 5.41) is 23.2. The van der Waals surface area contributed by atoms with Crippen molar-refractivity contribution in [3.63, 3.8) is 0 Å². The molecule has 0 saturated heterocycles. The number of amides is 1. The van der Waals surface area contributed by atoms with Gasteiger partial charge in [-0.1, -0.05) is 281 Å². The lowest BCUT2D eigenvalue weighted by Gasteiger charge is -2.20. The first-order valence-electron chi connectivity index (χ1n) is 27.7. The van der Waals surface area contributed by atoms with Crippen LogP contribution in [0.3, 0.4) is 0 Å². The minimum atomic E-state index is -0.839. The van der Waals surface area contributed by atoms with Crippen LogP contribution >= 0.6 is 0 Å². The Hall–Kier alpha value is -1.39. The highest BCUT2D eigenvalue weighted by Crippen LogP contribution is 2.17. The minimum Gasteiger partial charge on any atom is -0.394 e. The molecule has 0 aliphatic rings. The quantitative estimate of drug-likeness (QED) is 0.0422. The van der Waals surface area contributed by atoms with E-state index in [0.717, 1.165) is 32.1 Å².